The van der Waals surface area contributed by atoms with Crippen LogP contribution in [0.2, 0.25) is 18.1 Å². The summed E-state index contributed by atoms with van der Waals surface area (Å²) in [7, 11) is -7.76. The molecular formula is C21H27F3O5SSi. The highest BCUT2D eigenvalue weighted by Gasteiger charge is 2.48. The first kappa shape index (κ1) is 25.4. The Bertz CT molecular complexity index is 1010. The zero-order chi connectivity index (χ0) is 23.7. The maximum atomic E-state index is 12.7. The Kier molecular flexibility index (Phi) is 7.31. The van der Waals surface area contributed by atoms with Crippen LogP contribution in [-0.4, -0.2) is 27.4 Å². The van der Waals surface area contributed by atoms with Gasteiger partial charge >= 0.3 is 15.6 Å². The molecule has 10 heteroatoms. The van der Waals surface area contributed by atoms with Gasteiger partial charge in [0.15, 0.2) is 8.32 Å². The molecule has 0 fully saturated rings. The van der Waals surface area contributed by atoms with Crippen LogP contribution < -0.4 is 4.18 Å². The molecule has 0 aliphatic carbocycles. The molecule has 2 aromatic carbocycles. The molecule has 0 spiro atoms. The predicted molar refractivity (Wildman–Crippen MR) is 115 cm³/mol. The molecule has 0 atom stereocenters. The van der Waals surface area contributed by atoms with Crippen molar-refractivity contribution < 1.29 is 35.3 Å². The van der Waals surface area contributed by atoms with Crippen molar-refractivity contribution in [1.82, 2.24) is 0 Å². The smallest absolute Gasteiger partial charge is 0.413 e. The summed E-state index contributed by atoms with van der Waals surface area (Å²) >= 11 is 0. The first-order chi connectivity index (χ1) is 14.1. The van der Waals surface area contributed by atoms with Crippen LogP contribution >= 0.6 is 0 Å². The minimum Gasteiger partial charge on any atom is -0.413 e. The monoisotopic (exact) mass is 476 g/mol. The third kappa shape index (κ3) is 6.09. The Balaban J connectivity index is 2.26. The van der Waals surface area contributed by atoms with Gasteiger partial charge in [-0.1, -0.05) is 57.2 Å². The molecule has 0 unspecified atom stereocenters. The second-order valence-electron chi connectivity index (χ2n) is 8.71. The fourth-order valence-electron chi connectivity index (χ4n) is 2.38. The van der Waals surface area contributed by atoms with Gasteiger partial charge < -0.3 is 13.7 Å². The van der Waals surface area contributed by atoms with Crippen LogP contribution in [0.5, 0.6) is 5.75 Å². The summed E-state index contributed by atoms with van der Waals surface area (Å²) in [5, 5.41) is 9.41. The summed E-state index contributed by atoms with van der Waals surface area (Å²) < 4.78 is 71.2. The molecule has 0 amide bonds. The number of alkyl halides is 3. The molecule has 1 N–H and O–H groups in total. The average Bonchev–Trinajstić information content (AvgIpc) is 2.65. The largest absolute Gasteiger partial charge is 0.534 e. The molecule has 0 saturated carbocycles. The summed E-state index contributed by atoms with van der Waals surface area (Å²) in [4.78, 5) is 0. The van der Waals surface area contributed by atoms with E-state index < -0.39 is 36.3 Å². The van der Waals surface area contributed by atoms with E-state index in [1.165, 1.54) is 6.07 Å². The number of hydrogen-bond donors (Lipinski definition) is 1. The summed E-state index contributed by atoms with van der Waals surface area (Å²) in [6.07, 6.45) is 0. The number of aliphatic hydroxyl groups is 1. The summed E-state index contributed by atoms with van der Waals surface area (Å²) in [6.45, 7) is 10.5. The Labute approximate surface area is 182 Å². The molecule has 2 rings (SSSR count). The minimum atomic E-state index is -5.85. The van der Waals surface area contributed by atoms with Gasteiger partial charge in [-0.2, -0.15) is 21.6 Å². The van der Waals surface area contributed by atoms with Gasteiger partial charge in [-0.15, -0.1) is 0 Å². The lowest BCUT2D eigenvalue weighted by Crippen LogP contribution is -2.40. The van der Waals surface area contributed by atoms with E-state index in [1.807, 2.05) is 12.1 Å². The molecule has 0 heterocycles. The summed E-state index contributed by atoms with van der Waals surface area (Å²) in [6, 6.07) is 11.3. The molecular weight excluding hydrogens is 449 g/mol. The Morgan fingerprint density at radius 3 is 2.00 bits per heavy atom. The first-order valence-corrected chi connectivity index (χ1v) is 13.9. The second-order valence-corrected chi connectivity index (χ2v) is 15.1. The molecule has 0 radical (unpaired) electrons. The van der Waals surface area contributed by atoms with Gasteiger partial charge in [0.1, 0.15) is 5.75 Å². The van der Waals surface area contributed by atoms with Crippen molar-refractivity contribution in [1.29, 1.82) is 0 Å². The van der Waals surface area contributed by atoms with Gasteiger partial charge in [-0.25, -0.2) is 0 Å². The van der Waals surface area contributed by atoms with Crippen molar-refractivity contribution in [3.63, 3.8) is 0 Å². The third-order valence-corrected chi connectivity index (χ3v) is 10.9. The standard InChI is InChI=1S/C21H27F3O5SSi/c1-20(2,3)31(4,5)28-14-15-6-8-16(9-7-15)17-10-11-18(13-25)19(12-17)29-30(26,27)21(22,23)24/h6-12,25H,13-14H2,1-5H3. The van der Waals surface area contributed by atoms with Crippen LogP contribution in [0.3, 0.4) is 0 Å². The predicted octanol–water partition coefficient (Wildman–Crippen LogP) is 5.60. The highest BCUT2D eigenvalue weighted by molar-refractivity contribution is 7.88. The SMILES string of the molecule is CC(C)(C)[Si](C)(C)OCc1ccc(-c2ccc(CO)c(OS(=O)(=O)C(F)(F)F)c2)cc1. The second kappa shape index (κ2) is 8.93. The fraction of sp³-hybridized carbons (Fsp3) is 0.429. The number of halogens is 3. The van der Waals surface area contributed by atoms with Crippen LogP contribution in [0.15, 0.2) is 42.5 Å². The van der Waals surface area contributed by atoms with Crippen molar-refractivity contribution in [2.45, 2.75) is 57.6 Å². The van der Waals surface area contributed by atoms with Gasteiger partial charge in [-0.05, 0) is 40.9 Å². The average molecular weight is 477 g/mol. The van der Waals surface area contributed by atoms with Gasteiger partial charge in [0, 0.05) is 5.56 Å². The lowest BCUT2D eigenvalue weighted by atomic mass is 10.0. The van der Waals surface area contributed by atoms with Crippen molar-refractivity contribution in [3.8, 4) is 16.9 Å². The number of hydrogen-bond acceptors (Lipinski definition) is 5. The van der Waals surface area contributed by atoms with Crippen LogP contribution in [0.1, 0.15) is 31.9 Å². The van der Waals surface area contributed by atoms with E-state index in [1.54, 1.807) is 18.2 Å². The van der Waals surface area contributed by atoms with Crippen LogP contribution in [0.25, 0.3) is 11.1 Å². The maximum absolute atomic E-state index is 12.7. The molecule has 0 aromatic heterocycles. The van der Waals surface area contributed by atoms with Gasteiger partial charge in [0.05, 0.1) is 13.2 Å². The van der Waals surface area contributed by atoms with E-state index in [4.69, 9.17) is 4.43 Å². The normalized spacial score (nSPS) is 13.3. The van der Waals surface area contributed by atoms with Gasteiger partial charge in [-0.3, -0.25) is 0 Å². The van der Waals surface area contributed by atoms with Crippen molar-refractivity contribution in [3.05, 3.63) is 53.6 Å². The van der Waals surface area contributed by atoms with Crippen molar-refractivity contribution >= 4 is 18.4 Å². The Morgan fingerprint density at radius 1 is 0.968 bits per heavy atom. The molecule has 172 valence electrons. The Hall–Kier alpha value is -1.88. The molecule has 2 aromatic rings. The number of rotatable bonds is 7. The van der Waals surface area contributed by atoms with Crippen molar-refractivity contribution in [2.24, 2.45) is 0 Å². The van der Waals surface area contributed by atoms with E-state index in [2.05, 4.69) is 38.0 Å². The minimum absolute atomic E-state index is 0.0732. The molecule has 0 aliphatic rings. The van der Waals surface area contributed by atoms with E-state index >= 15 is 0 Å². The zero-order valence-electron chi connectivity index (χ0n) is 18.1. The maximum Gasteiger partial charge on any atom is 0.534 e. The third-order valence-electron chi connectivity index (χ3n) is 5.41. The molecule has 5 nitrogen and oxygen atoms in total. The molecule has 31 heavy (non-hydrogen) atoms. The van der Waals surface area contributed by atoms with Gasteiger partial charge in [0.2, 0.25) is 0 Å². The topological polar surface area (TPSA) is 72.8 Å². The lowest BCUT2D eigenvalue weighted by Gasteiger charge is -2.36. The van der Waals surface area contributed by atoms with Gasteiger partial charge in [0.25, 0.3) is 0 Å². The summed E-state index contributed by atoms with van der Waals surface area (Å²) in [5.41, 5.74) is -3.61. The van der Waals surface area contributed by atoms with Crippen LogP contribution in [-0.2, 0) is 27.8 Å². The van der Waals surface area contributed by atoms with E-state index in [9.17, 15) is 26.7 Å². The Morgan fingerprint density at radius 2 is 1.52 bits per heavy atom. The highest BCUT2D eigenvalue weighted by Crippen LogP contribution is 2.37. The quantitative estimate of drug-likeness (QED) is 0.320. The highest BCUT2D eigenvalue weighted by atomic mass is 32.2. The first-order valence-electron chi connectivity index (χ1n) is 9.55. The summed E-state index contributed by atoms with van der Waals surface area (Å²) in [5.74, 6) is -0.567. The molecule has 0 aliphatic heterocycles. The molecule has 0 saturated heterocycles. The number of aliphatic hydroxyl groups excluding tert-OH is 1. The van der Waals surface area contributed by atoms with Crippen LogP contribution in [0, 0.1) is 0 Å². The zero-order valence-corrected chi connectivity index (χ0v) is 19.9. The number of benzene rings is 2. The lowest BCUT2D eigenvalue weighted by molar-refractivity contribution is -0.0500. The van der Waals surface area contributed by atoms with E-state index in [-0.39, 0.29) is 10.6 Å². The van der Waals surface area contributed by atoms with E-state index in [0.29, 0.717) is 17.7 Å². The molecule has 0 bridgehead atoms. The van der Waals surface area contributed by atoms with E-state index in [0.717, 1.165) is 11.6 Å². The fourth-order valence-corrected chi connectivity index (χ4v) is 3.83. The van der Waals surface area contributed by atoms with Crippen LogP contribution in [0.4, 0.5) is 13.2 Å². The van der Waals surface area contributed by atoms with Crippen molar-refractivity contribution in [2.75, 3.05) is 0 Å².